The van der Waals surface area contributed by atoms with Crippen LogP contribution in [0.15, 0.2) is 30.5 Å². The van der Waals surface area contributed by atoms with Gasteiger partial charge in [0.15, 0.2) is 5.82 Å². The van der Waals surface area contributed by atoms with Gasteiger partial charge in [0.25, 0.3) is 5.91 Å². The number of H-pyrrole nitrogens is 1. The first-order chi connectivity index (χ1) is 13.4. The van der Waals surface area contributed by atoms with Crippen molar-refractivity contribution in [2.45, 2.75) is 19.0 Å². The molecule has 1 saturated heterocycles. The molecule has 28 heavy (non-hydrogen) atoms. The fraction of sp³-hybridized carbons (Fsp3) is 0.278. The maximum atomic E-state index is 12.8. The average Bonchev–Trinajstić information content (AvgIpc) is 3.18. The van der Waals surface area contributed by atoms with Crippen LogP contribution in [-0.2, 0) is 17.8 Å². The minimum atomic E-state index is -0.640. The summed E-state index contributed by atoms with van der Waals surface area (Å²) in [4.78, 5) is 43.4. The minimum Gasteiger partial charge on any atom is -0.368 e. The predicted octanol–water partition coefficient (Wildman–Crippen LogP) is 0.664. The number of aromatic nitrogens is 4. The summed E-state index contributed by atoms with van der Waals surface area (Å²) in [7, 11) is 3.53. The van der Waals surface area contributed by atoms with Gasteiger partial charge in [0.2, 0.25) is 11.9 Å². The molecule has 1 aliphatic heterocycles. The average molecular weight is 380 g/mol. The van der Waals surface area contributed by atoms with E-state index in [1.807, 2.05) is 30.5 Å². The summed E-state index contributed by atoms with van der Waals surface area (Å²) in [5, 5.41) is 3.77. The number of nitrogen functional groups attached to an aromatic ring is 1. The molecule has 4 rings (SSSR count). The van der Waals surface area contributed by atoms with Gasteiger partial charge in [-0.2, -0.15) is 15.0 Å². The Morgan fingerprint density at radius 1 is 1.18 bits per heavy atom. The fourth-order valence-corrected chi connectivity index (χ4v) is 3.22. The summed E-state index contributed by atoms with van der Waals surface area (Å²) in [6.07, 6.45) is 2.26. The van der Waals surface area contributed by atoms with E-state index < -0.39 is 12.1 Å². The van der Waals surface area contributed by atoms with Crippen molar-refractivity contribution >= 4 is 34.7 Å². The molecule has 1 fully saturated rings. The number of nitrogens with one attached hydrogen (secondary N) is 2. The van der Waals surface area contributed by atoms with Crippen LogP contribution < -0.4 is 16.0 Å². The van der Waals surface area contributed by atoms with Crippen molar-refractivity contribution in [2.24, 2.45) is 0 Å². The predicted molar refractivity (Wildman–Crippen MR) is 103 cm³/mol. The molecule has 10 nitrogen and oxygen atoms in total. The number of carbonyl (C=O) groups excluding carboxylic acids is 2. The molecular weight excluding hydrogens is 360 g/mol. The summed E-state index contributed by atoms with van der Waals surface area (Å²) < 4.78 is 0. The lowest BCUT2D eigenvalue weighted by molar-refractivity contribution is -0.127. The van der Waals surface area contributed by atoms with Crippen molar-refractivity contribution in [3.8, 4) is 0 Å². The number of carbonyl (C=O) groups is 2. The van der Waals surface area contributed by atoms with Crippen molar-refractivity contribution < 1.29 is 9.59 Å². The lowest BCUT2D eigenvalue weighted by atomic mass is 10.1. The third-order valence-corrected chi connectivity index (χ3v) is 4.59. The zero-order valence-electron chi connectivity index (χ0n) is 15.5. The number of hydrogen-bond donors (Lipinski definition) is 3. The number of hydrogen-bond acceptors (Lipinski definition) is 7. The largest absolute Gasteiger partial charge is 0.368 e. The second-order valence-corrected chi connectivity index (χ2v) is 6.79. The second kappa shape index (κ2) is 6.80. The Bertz CT molecular complexity index is 1060. The molecule has 0 aliphatic carbocycles. The second-order valence-electron chi connectivity index (χ2n) is 6.79. The van der Waals surface area contributed by atoms with Crippen molar-refractivity contribution in [1.29, 1.82) is 0 Å². The van der Waals surface area contributed by atoms with E-state index in [0.29, 0.717) is 12.4 Å². The van der Waals surface area contributed by atoms with Gasteiger partial charge in [-0.25, -0.2) is 4.79 Å². The molecule has 0 saturated carbocycles. The molecule has 0 bridgehead atoms. The van der Waals surface area contributed by atoms with Crippen molar-refractivity contribution in [1.82, 2.24) is 30.2 Å². The van der Waals surface area contributed by atoms with Crippen LogP contribution in [0.1, 0.15) is 11.4 Å². The quantitative estimate of drug-likeness (QED) is 0.554. The molecule has 3 aromatic rings. The molecule has 2 aromatic heterocycles. The van der Waals surface area contributed by atoms with Crippen molar-refractivity contribution in [3.63, 3.8) is 0 Å². The maximum absolute atomic E-state index is 12.8. The summed E-state index contributed by atoms with van der Waals surface area (Å²) >= 11 is 0. The SMILES string of the molecule is CN(C)c1nc(N)nc(CN2C(=O)NC(Cc3c[nH]c4ccccc34)C2=O)n1. The van der Waals surface area contributed by atoms with E-state index in [2.05, 4.69) is 25.3 Å². The normalized spacial score (nSPS) is 16.6. The summed E-state index contributed by atoms with van der Waals surface area (Å²) in [5.74, 6) is 0.342. The van der Waals surface area contributed by atoms with Crippen LogP contribution >= 0.6 is 0 Å². The number of nitrogens with zero attached hydrogens (tertiary/aromatic N) is 5. The minimum absolute atomic E-state index is 0.0381. The van der Waals surface area contributed by atoms with E-state index in [9.17, 15) is 9.59 Å². The molecule has 4 N–H and O–H groups in total. The standard InChI is InChI=1S/C18H20N8O2/c1-25(2)17-23-14(22-16(19)24-17)9-26-15(27)13(21-18(26)28)7-10-8-20-12-6-4-3-5-11(10)12/h3-6,8,13,20H,7,9H2,1-2H3,(H,21,28)(H2,19,22,23,24). The Morgan fingerprint density at radius 3 is 2.75 bits per heavy atom. The first kappa shape index (κ1) is 17.7. The molecule has 3 heterocycles. The van der Waals surface area contributed by atoms with E-state index in [-0.39, 0.29) is 24.2 Å². The Hall–Kier alpha value is -3.69. The van der Waals surface area contributed by atoms with Gasteiger partial charge in [0.1, 0.15) is 6.04 Å². The summed E-state index contributed by atoms with van der Waals surface area (Å²) in [5.41, 5.74) is 7.67. The molecule has 10 heteroatoms. The van der Waals surface area contributed by atoms with Gasteiger partial charge in [0.05, 0.1) is 6.54 Å². The number of benzene rings is 1. The number of aromatic amines is 1. The number of anilines is 2. The van der Waals surface area contributed by atoms with Crippen molar-refractivity contribution in [2.75, 3.05) is 24.7 Å². The summed E-state index contributed by atoms with van der Waals surface area (Å²) in [6, 6.07) is 6.72. The van der Waals surface area contributed by atoms with Crippen LogP contribution in [-0.4, -0.2) is 56.9 Å². The molecule has 1 unspecified atom stereocenters. The lowest BCUT2D eigenvalue weighted by Crippen LogP contribution is -2.33. The highest BCUT2D eigenvalue weighted by atomic mass is 16.2. The lowest BCUT2D eigenvalue weighted by Gasteiger charge is -2.15. The molecule has 144 valence electrons. The van der Waals surface area contributed by atoms with Crippen LogP contribution in [0.3, 0.4) is 0 Å². The van der Waals surface area contributed by atoms with Gasteiger partial charge in [-0.05, 0) is 11.6 Å². The van der Waals surface area contributed by atoms with Crippen LogP contribution in [0.25, 0.3) is 10.9 Å². The number of rotatable bonds is 5. The topological polar surface area (TPSA) is 133 Å². The highest BCUT2D eigenvalue weighted by Gasteiger charge is 2.38. The van der Waals surface area contributed by atoms with Gasteiger partial charge < -0.3 is 20.9 Å². The number of para-hydroxylation sites is 1. The van der Waals surface area contributed by atoms with Crippen LogP contribution in [0.2, 0.25) is 0 Å². The molecule has 1 atom stereocenters. The van der Waals surface area contributed by atoms with Crippen LogP contribution in [0.4, 0.5) is 16.7 Å². The first-order valence-corrected chi connectivity index (χ1v) is 8.77. The van der Waals surface area contributed by atoms with E-state index >= 15 is 0 Å². The number of imide groups is 1. The van der Waals surface area contributed by atoms with Gasteiger partial charge in [-0.3, -0.25) is 9.69 Å². The number of amides is 3. The van der Waals surface area contributed by atoms with Gasteiger partial charge in [-0.15, -0.1) is 0 Å². The number of fused-ring (bicyclic) bond motifs is 1. The first-order valence-electron chi connectivity index (χ1n) is 8.77. The van der Waals surface area contributed by atoms with Crippen LogP contribution in [0, 0.1) is 0 Å². The van der Waals surface area contributed by atoms with E-state index in [0.717, 1.165) is 21.4 Å². The molecule has 0 spiro atoms. The highest BCUT2D eigenvalue weighted by molar-refractivity contribution is 6.04. The monoisotopic (exact) mass is 380 g/mol. The highest BCUT2D eigenvalue weighted by Crippen LogP contribution is 2.21. The maximum Gasteiger partial charge on any atom is 0.325 e. The number of urea groups is 1. The summed E-state index contributed by atoms with van der Waals surface area (Å²) in [6.45, 7) is -0.0669. The molecular formula is C18H20N8O2. The zero-order valence-corrected chi connectivity index (χ0v) is 15.5. The van der Waals surface area contributed by atoms with Gasteiger partial charge >= 0.3 is 6.03 Å². The van der Waals surface area contributed by atoms with Gasteiger partial charge in [0, 0.05) is 37.6 Å². The van der Waals surface area contributed by atoms with E-state index in [1.54, 1.807) is 19.0 Å². The Kier molecular flexibility index (Phi) is 4.30. The molecule has 3 amide bonds. The Balaban J connectivity index is 1.53. The molecule has 0 radical (unpaired) electrons. The Morgan fingerprint density at radius 2 is 1.96 bits per heavy atom. The van der Waals surface area contributed by atoms with Gasteiger partial charge in [-0.1, -0.05) is 18.2 Å². The zero-order chi connectivity index (χ0) is 19.8. The number of nitrogens with two attached hydrogens (primary N) is 1. The third-order valence-electron chi connectivity index (χ3n) is 4.59. The Labute approximate surface area is 160 Å². The third kappa shape index (κ3) is 3.20. The molecule has 1 aliphatic rings. The molecule has 1 aromatic carbocycles. The smallest absolute Gasteiger partial charge is 0.325 e. The van der Waals surface area contributed by atoms with Crippen LogP contribution in [0.5, 0.6) is 0 Å². The van der Waals surface area contributed by atoms with E-state index in [4.69, 9.17) is 5.73 Å². The van der Waals surface area contributed by atoms with Crippen molar-refractivity contribution in [3.05, 3.63) is 41.9 Å². The fourth-order valence-electron chi connectivity index (χ4n) is 3.22. The van der Waals surface area contributed by atoms with E-state index in [1.165, 1.54) is 0 Å².